The number of rotatable bonds is 6. The van der Waals surface area contributed by atoms with Gasteiger partial charge in [0, 0.05) is 51.9 Å². The number of aliphatic imine (C=N–C) groups is 1. The molecule has 3 heterocycles. The molecular formula is C22H29FIN7. The van der Waals surface area contributed by atoms with E-state index >= 15 is 0 Å². The van der Waals surface area contributed by atoms with E-state index in [0.29, 0.717) is 6.04 Å². The van der Waals surface area contributed by atoms with Crippen molar-refractivity contribution in [1.82, 2.24) is 30.1 Å². The van der Waals surface area contributed by atoms with Crippen LogP contribution in [0.2, 0.25) is 0 Å². The van der Waals surface area contributed by atoms with E-state index in [0.717, 1.165) is 68.4 Å². The van der Waals surface area contributed by atoms with Crippen molar-refractivity contribution in [3.8, 4) is 0 Å². The summed E-state index contributed by atoms with van der Waals surface area (Å²) in [7, 11) is 1.80. The maximum atomic E-state index is 13.1. The third kappa shape index (κ3) is 6.36. The summed E-state index contributed by atoms with van der Waals surface area (Å²) in [6.07, 6.45) is 4.85. The van der Waals surface area contributed by atoms with E-state index in [4.69, 9.17) is 0 Å². The lowest BCUT2D eigenvalue weighted by Gasteiger charge is -2.33. The lowest BCUT2D eigenvalue weighted by molar-refractivity contribution is 0.198. The Morgan fingerprint density at radius 3 is 2.65 bits per heavy atom. The normalized spacial score (nSPS) is 15.6. The minimum atomic E-state index is -0.183. The van der Waals surface area contributed by atoms with Crippen molar-refractivity contribution in [1.29, 1.82) is 0 Å². The smallest absolute Gasteiger partial charge is 0.191 e. The molecule has 0 amide bonds. The number of fused-ring (bicyclic) bond motifs is 1. The van der Waals surface area contributed by atoms with Crippen LogP contribution in [0.15, 0.2) is 53.7 Å². The SMILES string of the molecule is CN=C(NCCc1nnc2ccccn12)NC1CCN(Cc2ccc(F)cc2)CC1.I. The fourth-order valence-electron chi connectivity index (χ4n) is 3.83. The summed E-state index contributed by atoms with van der Waals surface area (Å²) in [5, 5.41) is 15.4. The van der Waals surface area contributed by atoms with Crippen LogP contribution in [0.25, 0.3) is 5.65 Å². The molecule has 166 valence electrons. The lowest BCUT2D eigenvalue weighted by atomic mass is 10.0. The van der Waals surface area contributed by atoms with Crippen LogP contribution in [0.4, 0.5) is 4.39 Å². The van der Waals surface area contributed by atoms with Crippen LogP contribution in [-0.4, -0.2) is 58.2 Å². The summed E-state index contributed by atoms with van der Waals surface area (Å²) < 4.78 is 15.1. The minimum Gasteiger partial charge on any atom is -0.356 e. The van der Waals surface area contributed by atoms with Gasteiger partial charge in [-0.15, -0.1) is 34.2 Å². The molecule has 1 aliphatic rings. The quantitative estimate of drug-likeness (QED) is 0.288. The van der Waals surface area contributed by atoms with Gasteiger partial charge in [0.2, 0.25) is 0 Å². The Bertz CT molecular complexity index is 981. The second-order valence-electron chi connectivity index (χ2n) is 7.62. The van der Waals surface area contributed by atoms with Crippen molar-refractivity contribution in [3.05, 3.63) is 65.9 Å². The number of aromatic nitrogens is 3. The third-order valence-corrected chi connectivity index (χ3v) is 5.50. The van der Waals surface area contributed by atoms with E-state index in [1.807, 2.05) is 40.9 Å². The fraction of sp³-hybridized carbons (Fsp3) is 0.409. The number of halogens is 2. The number of pyridine rings is 1. The Labute approximate surface area is 199 Å². The van der Waals surface area contributed by atoms with Crippen LogP contribution in [0.3, 0.4) is 0 Å². The van der Waals surface area contributed by atoms with Crippen LogP contribution >= 0.6 is 24.0 Å². The van der Waals surface area contributed by atoms with E-state index in [1.165, 1.54) is 12.1 Å². The van der Waals surface area contributed by atoms with Gasteiger partial charge in [-0.05, 0) is 42.7 Å². The molecule has 1 aliphatic heterocycles. The molecule has 0 saturated carbocycles. The zero-order valence-corrected chi connectivity index (χ0v) is 20.0. The van der Waals surface area contributed by atoms with Gasteiger partial charge in [0.05, 0.1) is 0 Å². The molecule has 1 saturated heterocycles. The van der Waals surface area contributed by atoms with E-state index < -0.39 is 0 Å². The van der Waals surface area contributed by atoms with Crippen LogP contribution < -0.4 is 10.6 Å². The monoisotopic (exact) mass is 537 g/mol. The molecule has 0 bridgehead atoms. The number of piperidine rings is 1. The first-order valence-electron chi connectivity index (χ1n) is 10.4. The van der Waals surface area contributed by atoms with Gasteiger partial charge in [-0.25, -0.2) is 4.39 Å². The predicted octanol–water partition coefficient (Wildman–Crippen LogP) is 2.86. The molecule has 7 nitrogen and oxygen atoms in total. The molecule has 4 rings (SSSR count). The van der Waals surface area contributed by atoms with Crippen LogP contribution in [0.1, 0.15) is 24.2 Å². The lowest BCUT2D eigenvalue weighted by Crippen LogP contribution is -2.48. The van der Waals surface area contributed by atoms with Crippen molar-refractivity contribution in [3.63, 3.8) is 0 Å². The van der Waals surface area contributed by atoms with E-state index in [2.05, 4.69) is 30.7 Å². The summed E-state index contributed by atoms with van der Waals surface area (Å²) in [6.45, 7) is 3.63. The Hall–Kier alpha value is -2.27. The Kier molecular flexibility index (Phi) is 8.59. The highest BCUT2D eigenvalue weighted by Crippen LogP contribution is 2.14. The minimum absolute atomic E-state index is 0. The first-order valence-corrected chi connectivity index (χ1v) is 10.4. The number of nitrogens with one attached hydrogen (secondary N) is 2. The topological polar surface area (TPSA) is 69.8 Å². The van der Waals surface area contributed by atoms with Gasteiger partial charge in [-0.1, -0.05) is 18.2 Å². The van der Waals surface area contributed by atoms with Crippen molar-refractivity contribution < 1.29 is 4.39 Å². The van der Waals surface area contributed by atoms with Crippen LogP contribution in [-0.2, 0) is 13.0 Å². The predicted molar refractivity (Wildman–Crippen MR) is 131 cm³/mol. The van der Waals surface area contributed by atoms with E-state index in [-0.39, 0.29) is 29.8 Å². The molecule has 0 aliphatic carbocycles. The van der Waals surface area contributed by atoms with Gasteiger partial charge in [0.15, 0.2) is 11.6 Å². The number of hydrogen-bond acceptors (Lipinski definition) is 4. The maximum absolute atomic E-state index is 13.1. The fourth-order valence-corrected chi connectivity index (χ4v) is 3.83. The van der Waals surface area contributed by atoms with Crippen LogP contribution in [0, 0.1) is 5.82 Å². The number of nitrogens with zero attached hydrogens (tertiary/aromatic N) is 5. The molecule has 9 heteroatoms. The third-order valence-electron chi connectivity index (χ3n) is 5.50. The molecule has 0 radical (unpaired) electrons. The second kappa shape index (κ2) is 11.4. The molecule has 0 spiro atoms. The van der Waals surface area contributed by atoms with E-state index in [1.54, 1.807) is 7.05 Å². The number of guanidine groups is 1. The summed E-state index contributed by atoms with van der Waals surface area (Å²) in [5.41, 5.74) is 2.02. The molecule has 1 aromatic carbocycles. The summed E-state index contributed by atoms with van der Waals surface area (Å²) in [5.74, 6) is 1.57. The summed E-state index contributed by atoms with van der Waals surface area (Å²) in [6, 6.07) is 13.1. The number of benzene rings is 1. The molecule has 31 heavy (non-hydrogen) atoms. The van der Waals surface area contributed by atoms with Gasteiger partial charge < -0.3 is 10.6 Å². The van der Waals surface area contributed by atoms with E-state index in [9.17, 15) is 4.39 Å². The van der Waals surface area contributed by atoms with Gasteiger partial charge in [0.25, 0.3) is 0 Å². The van der Waals surface area contributed by atoms with Gasteiger partial charge >= 0.3 is 0 Å². The summed E-state index contributed by atoms with van der Waals surface area (Å²) >= 11 is 0. The first-order chi connectivity index (χ1) is 14.7. The highest BCUT2D eigenvalue weighted by atomic mass is 127. The van der Waals surface area contributed by atoms with Gasteiger partial charge in [0.1, 0.15) is 11.6 Å². The zero-order chi connectivity index (χ0) is 20.8. The zero-order valence-electron chi connectivity index (χ0n) is 17.7. The largest absolute Gasteiger partial charge is 0.356 e. The molecule has 0 atom stereocenters. The van der Waals surface area contributed by atoms with Crippen molar-refractivity contribution in [2.45, 2.75) is 31.8 Å². The Balaban J connectivity index is 0.00000272. The van der Waals surface area contributed by atoms with Crippen molar-refractivity contribution in [2.75, 3.05) is 26.7 Å². The standard InChI is InChI=1S/C22H28FN7.HI/c1-24-22(25-12-9-21-28-27-20-4-2-3-13-30(20)21)26-19-10-14-29(15-11-19)16-17-5-7-18(23)8-6-17;/h2-8,13,19H,9-12,14-16H2,1H3,(H2,24,25,26);1H. The molecule has 2 N–H and O–H groups in total. The van der Waals surface area contributed by atoms with Crippen LogP contribution in [0.5, 0.6) is 0 Å². The number of likely N-dealkylation sites (tertiary alicyclic amines) is 1. The Morgan fingerprint density at radius 2 is 1.90 bits per heavy atom. The molecule has 0 unspecified atom stereocenters. The average molecular weight is 537 g/mol. The maximum Gasteiger partial charge on any atom is 0.191 e. The molecule has 1 fully saturated rings. The first kappa shape index (κ1) is 23.4. The second-order valence-corrected chi connectivity index (χ2v) is 7.62. The summed E-state index contributed by atoms with van der Waals surface area (Å²) in [4.78, 5) is 6.78. The highest BCUT2D eigenvalue weighted by molar-refractivity contribution is 14.0. The number of hydrogen-bond donors (Lipinski definition) is 2. The average Bonchev–Trinajstić information content (AvgIpc) is 3.19. The molecule has 2 aromatic heterocycles. The Morgan fingerprint density at radius 1 is 1.13 bits per heavy atom. The van der Waals surface area contributed by atoms with Crippen molar-refractivity contribution >= 4 is 35.6 Å². The van der Waals surface area contributed by atoms with Gasteiger partial charge in [-0.2, -0.15) is 0 Å². The molecular weight excluding hydrogens is 508 g/mol. The van der Waals surface area contributed by atoms with Crippen molar-refractivity contribution in [2.24, 2.45) is 4.99 Å². The highest BCUT2D eigenvalue weighted by Gasteiger charge is 2.20. The molecule has 3 aromatic rings. The van der Waals surface area contributed by atoms with Gasteiger partial charge in [-0.3, -0.25) is 14.3 Å².